The van der Waals surface area contributed by atoms with Crippen molar-refractivity contribution in [2.45, 2.75) is 13.1 Å². The van der Waals surface area contributed by atoms with Crippen LogP contribution in [-0.4, -0.2) is 32.1 Å². The number of hydrogen-bond acceptors (Lipinski definition) is 2. The molecule has 0 unspecified atom stereocenters. The highest BCUT2D eigenvalue weighted by atomic mass is 19.1. The van der Waals surface area contributed by atoms with Crippen molar-refractivity contribution < 1.29 is 9.13 Å². The topological polar surface area (TPSA) is 36.9 Å². The van der Waals surface area contributed by atoms with Crippen LogP contribution in [0.3, 0.4) is 0 Å². The molecule has 0 atom stereocenters. The molecule has 0 saturated carbocycles. The molecule has 0 fully saturated rings. The van der Waals surface area contributed by atoms with Gasteiger partial charge in [-0.25, -0.2) is 4.39 Å². The van der Waals surface area contributed by atoms with E-state index in [1.807, 2.05) is 36.2 Å². The van der Waals surface area contributed by atoms with E-state index in [1.165, 1.54) is 12.1 Å². The fourth-order valence-corrected chi connectivity index (χ4v) is 2.35. The fourth-order valence-electron chi connectivity index (χ4n) is 2.35. The molecule has 2 aromatic rings. The Balaban J connectivity index is 1.98. The molecule has 0 radical (unpaired) electrons. The van der Waals surface area contributed by atoms with Gasteiger partial charge in [0, 0.05) is 32.7 Å². The standard InChI is InChI=1S/C18H22FN3O/c1-20-18(21-12-15-6-4-5-7-17(15)23-3)22(2)13-14-8-10-16(19)11-9-14/h4-11H,12-13H2,1-3H3,(H,20,21). The maximum atomic E-state index is 13.0. The molecule has 23 heavy (non-hydrogen) atoms. The Labute approximate surface area is 136 Å². The highest BCUT2D eigenvalue weighted by Crippen LogP contribution is 2.16. The quantitative estimate of drug-likeness (QED) is 0.680. The van der Waals surface area contributed by atoms with E-state index in [2.05, 4.69) is 10.3 Å². The molecular weight excluding hydrogens is 293 g/mol. The highest BCUT2D eigenvalue weighted by Gasteiger charge is 2.08. The second-order valence-corrected chi connectivity index (χ2v) is 5.20. The number of nitrogens with one attached hydrogen (secondary N) is 1. The van der Waals surface area contributed by atoms with Gasteiger partial charge >= 0.3 is 0 Å². The molecule has 2 rings (SSSR count). The summed E-state index contributed by atoms with van der Waals surface area (Å²) in [4.78, 5) is 6.28. The minimum absolute atomic E-state index is 0.227. The highest BCUT2D eigenvalue weighted by molar-refractivity contribution is 5.79. The van der Waals surface area contributed by atoms with E-state index < -0.39 is 0 Å². The van der Waals surface area contributed by atoms with Crippen LogP contribution in [0.2, 0.25) is 0 Å². The number of methoxy groups -OCH3 is 1. The van der Waals surface area contributed by atoms with Crippen molar-refractivity contribution in [3.8, 4) is 5.75 Å². The predicted octanol–water partition coefficient (Wildman–Crippen LogP) is 3.04. The van der Waals surface area contributed by atoms with Crippen LogP contribution in [0.4, 0.5) is 4.39 Å². The Kier molecular flexibility index (Phi) is 5.97. The lowest BCUT2D eigenvalue weighted by atomic mass is 10.2. The predicted molar refractivity (Wildman–Crippen MR) is 91.1 cm³/mol. The van der Waals surface area contributed by atoms with Gasteiger partial charge in [-0.2, -0.15) is 0 Å². The first kappa shape index (κ1) is 16.8. The first-order chi connectivity index (χ1) is 11.1. The molecule has 0 aliphatic heterocycles. The number of hydrogen-bond donors (Lipinski definition) is 1. The molecule has 0 bridgehead atoms. The zero-order chi connectivity index (χ0) is 16.7. The molecule has 5 heteroatoms. The summed E-state index contributed by atoms with van der Waals surface area (Å²) in [6.45, 7) is 1.26. The Morgan fingerprint density at radius 3 is 2.52 bits per heavy atom. The third-order valence-electron chi connectivity index (χ3n) is 3.54. The minimum Gasteiger partial charge on any atom is -0.496 e. The third kappa shape index (κ3) is 4.71. The number of nitrogens with zero attached hydrogens (tertiary/aromatic N) is 2. The summed E-state index contributed by atoms with van der Waals surface area (Å²) >= 11 is 0. The van der Waals surface area contributed by atoms with Crippen LogP contribution >= 0.6 is 0 Å². The van der Waals surface area contributed by atoms with E-state index in [4.69, 9.17) is 4.74 Å². The molecule has 0 aliphatic carbocycles. The van der Waals surface area contributed by atoms with Crippen molar-refractivity contribution >= 4 is 5.96 Å². The van der Waals surface area contributed by atoms with Crippen LogP contribution in [-0.2, 0) is 13.1 Å². The van der Waals surface area contributed by atoms with Crippen LogP contribution in [0.1, 0.15) is 11.1 Å². The van der Waals surface area contributed by atoms with Crippen molar-refractivity contribution in [3.63, 3.8) is 0 Å². The van der Waals surface area contributed by atoms with Gasteiger partial charge in [0.15, 0.2) is 5.96 Å². The van der Waals surface area contributed by atoms with Crippen molar-refractivity contribution in [1.82, 2.24) is 10.2 Å². The van der Waals surface area contributed by atoms with E-state index >= 15 is 0 Å². The van der Waals surface area contributed by atoms with Crippen LogP contribution < -0.4 is 10.1 Å². The molecule has 0 saturated heterocycles. The van der Waals surface area contributed by atoms with Gasteiger partial charge in [0.25, 0.3) is 0 Å². The lowest BCUT2D eigenvalue weighted by Crippen LogP contribution is -2.38. The maximum absolute atomic E-state index is 13.0. The van der Waals surface area contributed by atoms with Gasteiger partial charge in [-0.15, -0.1) is 0 Å². The SMILES string of the molecule is CN=C(NCc1ccccc1OC)N(C)Cc1ccc(F)cc1. The fraction of sp³-hybridized carbons (Fsp3) is 0.278. The molecule has 0 aliphatic rings. The van der Waals surface area contributed by atoms with Crippen LogP contribution in [0.25, 0.3) is 0 Å². The van der Waals surface area contributed by atoms with Crippen LogP contribution in [0.5, 0.6) is 5.75 Å². The Bertz CT molecular complexity index is 656. The molecule has 2 aromatic carbocycles. The summed E-state index contributed by atoms with van der Waals surface area (Å²) in [5.41, 5.74) is 2.08. The minimum atomic E-state index is -0.227. The molecule has 0 amide bonds. The van der Waals surface area contributed by atoms with Crippen molar-refractivity contribution in [3.05, 3.63) is 65.5 Å². The summed E-state index contributed by atoms with van der Waals surface area (Å²) in [5, 5.41) is 3.31. The smallest absolute Gasteiger partial charge is 0.193 e. The molecule has 122 valence electrons. The number of benzene rings is 2. The zero-order valence-corrected chi connectivity index (χ0v) is 13.7. The zero-order valence-electron chi connectivity index (χ0n) is 13.7. The Morgan fingerprint density at radius 1 is 1.17 bits per heavy atom. The van der Waals surface area contributed by atoms with Crippen LogP contribution in [0, 0.1) is 5.82 Å². The Hall–Kier alpha value is -2.56. The number of aliphatic imine (C=N–C) groups is 1. The number of halogens is 1. The normalized spacial score (nSPS) is 11.2. The first-order valence-electron chi connectivity index (χ1n) is 7.42. The third-order valence-corrected chi connectivity index (χ3v) is 3.54. The lowest BCUT2D eigenvalue weighted by Gasteiger charge is -2.22. The summed E-state index contributed by atoms with van der Waals surface area (Å²) in [5.74, 6) is 1.38. The van der Waals surface area contributed by atoms with Crippen molar-refractivity contribution in [2.24, 2.45) is 4.99 Å². The molecule has 0 spiro atoms. The van der Waals surface area contributed by atoms with Crippen molar-refractivity contribution in [1.29, 1.82) is 0 Å². The van der Waals surface area contributed by atoms with Gasteiger partial charge in [-0.3, -0.25) is 4.99 Å². The average molecular weight is 315 g/mol. The van der Waals surface area contributed by atoms with E-state index in [9.17, 15) is 4.39 Å². The van der Waals surface area contributed by atoms with Crippen LogP contribution in [0.15, 0.2) is 53.5 Å². The summed E-state index contributed by atoms with van der Waals surface area (Å²) in [6, 6.07) is 14.4. The Morgan fingerprint density at radius 2 is 1.87 bits per heavy atom. The van der Waals surface area contributed by atoms with E-state index in [1.54, 1.807) is 26.3 Å². The lowest BCUT2D eigenvalue weighted by molar-refractivity contribution is 0.408. The molecule has 4 nitrogen and oxygen atoms in total. The van der Waals surface area contributed by atoms with Gasteiger partial charge in [0.05, 0.1) is 7.11 Å². The van der Waals surface area contributed by atoms with E-state index in [0.29, 0.717) is 13.1 Å². The number of ether oxygens (including phenoxy) is 1. The molecule has 1 N–H and O–H groups in total. The molecular formula is C18H22FN3O. The van der Waals surface area contributed by atoms with Crippen molar-refractivity contribution in [2.75, 3.05) is 21.2 Å². The summed E-state index contributed by atoms with van der Waals surface area (Å²) in [7, 11) is 5.35. The largest absolute Gasteiger partial charge is 0.496 e. The van der Waals surface area contributed by atoms with Gasteiger partial charge in [0.2, 0.25) is 0 Å². The molecule has 0 aromatic heterocycles. The number of guanidine groups is 1. The summed E-state index contributed by atoms with van der Waals surface area (Å²) < 4.78 is 18.3. The maximum Gasteiger partial charge on any atom is 0.193 e. The van der Waals surface area contributed by atoms with Gasteiger partial charge in [0.1, 0.15) is 11.6 Å². The second-order valence-electron chi connectivity index (χ2n) is 5.20. The number of para-hydroxylation sites is 1. The van der Waals surface area contributed by atoms with Gasteiger partial charge < -0.3 is 15.0 Å². The van der Waals surface area contributed by atoms with E-state index in [-0.39, 0.29) is 5.82 Å². The first-order valence-corrected chi connectivity index (χ1v) is 7.42. The average Bonchev–Trinajstić information content (AvgIpc) is 2.58. The molecule has 0 heterocycles. The monoisotopic (exact) mass is 315 g/mol. The van der Waals surface area contributed by atoms with Gasteiger partial charge in [-0.1, -0.05) is 30.3 Å². The summed E-state index contributed by atoms with van der Waals surface area (Å²) in [6.07, 6.45) is 0. The van der Waals surface area contributed by atoms with Gasteiger partial charge in [-0.05, 0) is 23.8 Å². The second kappa shape index (κ2) is 8.17. The van der Waals surface area contributed by atoms with E-state index in [0.717, 1.165) is 22.8 Å². The number of rotatable bonds is 5.